The number of aliphatic hydroxyl groups excluding tert-OH is 1. The minimum atomic E-state index is -1.04. The molecule has 1 fully saturated rings. The molecule has 1 aromatic heterocycles. The fourth-order valence-corrected chi connectivity index (χ4v) is 5.46. The average Bonchev–Trinajstić information content (AvgIpc) is 3.47. The average molecular weight is 551 g/mol. The van der Waals surface area contributed by atoms with E-state index < -0.39 is 23.7 Å². The Morgan fingerprint density at radius 2 is 1.92 bits per heavy atom. The number of aliphatic hydroxyl groups is 1. The lowest BCUT2D eigenvalue weighted by Crippen LogP contribution is -2.29. The van der Waals surface area contributed by atoms with Crippen LogP contribution in [-0.4, -0.2) is 54.7 Å². The number of anilines is 1. The van der Waals surface area contributed by atoms with Crippen LogP contribution in [-0.2, 0) is 14.3 Å². The number of carbonyl (C=O) groups is 3. The Kier molecular flexibility index (Phi) is 7.25. The number of amides is 1. The maximum Gasteiger partial charge on any atom is 0.350 e. The lowest BCUT2D eigenvalue weighted by Gasteiger charge is -2.24. The summed E-state index contributed by atoms with van der Waals surface area (Å²) in [5, 5.41) is 11.6. The summed E-state index contributed by atoms with van der Waals surface area (Å²) in [7, 11) is 1.25. The molecule has 0 spiro atoms. The number of benzene rings is 2. The molecular weight excluding hydrogens is 524 g/mol. The smallest absolute Gasteiger partial charge is 0.350 e. The van der Waals surface area contributed by atoms with Crippen molar-refractivity contribution in [2.75, 3.05) is 31.8 Å². The Labute approximate surface area is 228 Å². The van der Waals surface area contributed by atoms with E-state index in [-0.39, 0.29) is 26.9 Å². The Balaban J connectivity index is 1.68. The van der Waals surface area contributed by atoms with Crippen LogP contribution in [0.2, 0.25) is 0 Å². The molecule has 1 saturated heterocycles. The third kappa shape index (κ3) is 4.81. The van der Waals surface area contributed by atoms with Crippen LogP contribution in [0.5, 0.6) is 17.2 Å². The Morgan fingerprint density at radius 1 is 1.15 bits per heavy atom. The number of nitrogens with zero attached hydrogens (tertiary/aromatic N) is 2. The first kappa shape index (κ1) is 26.2. The molecule has 3 heterocycles. The molecule has 3 aromatic rings. The quantitative estimate of drug-likeness (QED) is 0.197. The van der Waals surface area contributed by atoms with Crippen molar-refractivity contribution in [3.63, 3.8) is 0 Å². The maximum atomic E-state index is 13.5. The van der Waals surface area contributed by atoms with Gasteiger partial charge in [-0.1, -0.05) is 30.4 Å². The van der Waals surface area contributed by atoms with Gasteiger partial charge in [0.2, 0.25) is 0 Å². The summed E-state index contributed by atoms with van der Waals surface area (Å²) in [6, 6.07) is 10.7. The van der Waals surface area contributed by atoms with E-state index in [1.54, 1.807) is 49.4 Å². The molecule has 2 aromatic carbocycles. The summed E-state index contributed by atoms with van der Waals surface area (Å²) >= 11 is 0.935. The van der Waals surface area contributed by atoms with Crippen molar-refractivity contribution in [3.05, 3.63) is 69.7 Å². The van der Waals surface area contributed by atoms with Gasteiger partial charge in [0.25, 0.3) is 5.78 Å². The molecule has 0 unspecified atom stereocenters. The summed E-state index contributed by atoms with van der Waals surface area (Å²) in [5.74, 6) is -1.27. The highest BCUT2D eigenvalue weighted by molar-refractivity contribution is 7.17. The van der Waals surface area contributed by atoms with Crippen molar-refractivity contribution in [1.82, 2.24) is 4.98 Å². The molecule has 2 aliphatic rings. The van der Waals surface area contributed by atoms with Gasteiger partial charge in [0.15, 0.2) is 16.6 Å². The third-order valence-corrected chi connectivity index (χ3v) is 7.41. The largest absolute Gasteiger partial charge is 0.507 e. The van der Waals surface area contributed by atoms with Gasteiger partial charge < -0.3 is 24.1 Å². The van der Waals surface area contributed by atoms with Crippen LogP contribution in [0.25, 0.3) is 5.76 Å². The normalized spacial score (nSPS) is 17.8. The number of hydrogen-bond donors (Lipinski definition) is 1. The number of thiazole rings is 1. The van der Waals surface area contributed by atoms with Crippen LogP contribution in [0.3, 0.4) is 0 Å². The summed E-state index contributed by atoms with van der Waals surface area (Å²) in [5.41, 5.74) is 1.03. The summed E-state index contributed by atoms with van der Waals surface area (Å²) in [6.45, 7) is 4.83. The van der Waals surface area contributed by atoms with Gasteiger partial charge in [-0.15, -0.1) is 0 Å². The fourth-order valence-electron chi connectivity index (χ4n) is 4.45. The second-order valence-electron chi connectivity index (χ2n) is 8.85. The van der Waals surface area contributed by atoms with Gasteiger partial charge in [-0.25, -0.2) is 9.78 Å². The first-order valence-electron chi connectivity index (χ1n) is 12.3. The number of rotatable bonds is 7. The molecular formula is C28H26N2O8S. The molecule has 10 nitrogen and oxygen atoms in total. The predicted molar refractivity (Wildman–Crippen MR) is 143 cm³/mol. The molecule has 0 saturated carbocycles. The predicted octanol–water partition coefficient (Wildman–Crippen LogP) is 4.42. The molecule has 0 bridgehead atoms. The number of esters is 1. The summed E-state index contributed by atoms with van der Waals surface area (Å²) < 4.78 is 21.8. The number of ketones is 1. The second-order valence-corrected chi connectivity index (χ2v) is 9.83. The molecule has 0 aliphatic carbocycles. The Bertz CT molecular complexity index is 1490. The second kappa shape index (κ2) is 10.8. The molecule has 5 rings (SSSR count). The van der Waals surface area contributed by atoms with Crippen molar-refractivity contribution < 1.29 is 38.4 Å². The lowest BCUT2D eigenvalue weighted by atomic mass is 9.95. The minimum absolute atomic E-state index is 0.126. The highest BCUT2D eigenvalue weighted by Gasteiger charge is 2.48. The SMILES string of the molecule is CCCOc1cccc([C@@H]2C(=C(O)c3ccc4c(c3)OCCO4)C(=O)C(=O)N2c2nc(C)c(C(=O)OC)s2)c1. The van der Waals surface area contributed by atoms with Gasteiger partial charge in [-0.3, -0.25) is 14.5 Å². The molecule has 1 atom stereocenters. The van der Waals surface area contributed by atoms with E-state index in [9.17, 15) is 19.5 Å². The zero-order valence-electron chi connectivity index (χ0n) is 21.6. The topological polar surface area (TPSA) is 124 Å². The minimum Gasteiger partial charge on any atom is -0.507 e. The van der Waals surface area contributed by atoms with Gasteiger partial charge in [0.1, 0.15) is 29.6 Å². The number of Topliss-reactive ketones (excluding diaryl/α,β-unsaturated/α-hetero) is 1. The van der Waals surface area contributed by atoms with E-state index in [0.717, 1.165) is 17.8 Å². The molecule has 1 N–H and O–H groups in total. The molecule has 0 radical (unpaired) electrons. The van der Waals surface area contributed by atoms with Gasteiger partial charge in [0.05, 0.1) is 31.0 Å². The lowest BCUT2D eigenvalue weighted by molar-refractivity contribution is -0.132. The van der Waals surface area contributed by atoms with E-state index in [0.29, 0.717) is 48.3 Å². The highest BCUT2D eigenvalue weighted by Crippen LogP contribution is 2.45. The first-order valence-corrected chi connectivity index (χ1v) is 13.1. The van der Waals surface area contributed by atoms with Crippen molar-refractivity contribution in [1.29, 1.82) is 0 Å². The van der Waals surface area contributed by atoms with Crippen molar-refractivity contribution in [3.8, 4) is 17.2 Å². The van der Waals surface area contributed by atoms with Gasteiger partial charge in [-0.2, -0.15) is 0 Å². The Morgan fingerprint density at radius 3 is 2.67 bits per heavy atom. The van der Waals surface area contributed by atoms with Crippen molar-refractivity contribution in [2.45, 2.75) is 26.3 Å². The van der Waals surface area contributed by atoms with E-state index >= 15 is 0 Å². The van der Waals surface area contributed by atoms with Crippen LogP contribution < -0.4 is 19.1 Å². The van der Waals surface area contributed by atoms with Gasteiger partial charge in [-0.05, 0) is 49.2 Å². The van der Waals surface area contributed by atoms with Crippen LogP contribution in [0.4, 0.5) is 5.13 Å². The number of ether oxygens (including phenoxy) is 4. The molecule has 1 amide bonds. The number of carbonyl (C=O) groups excluding carboxylic acids is 3. The zero-order chi connectivity index (χ0) is 27.7. The first-order chi connectivity index (χ1) is 18.8. The van der Waals surface area contributed by atoms with E-state index in [1.165, 1.54) is 12.0 Å². The summed E-state index contributed by atoms with van der Waals surface area (Å²) in [4.78, 5) is 45.1. The van der Waals surface area contributed by atoms with E-state index in [1.807, 2.05) is 6.92 Å². The summed E-state index contributed by atoms with van der Waals surface area (Å²) in [6.07, 6.45) is 0.793. The number of aryl methyl sites for hydroxylation is 1. The number of fused-ring (bicyclic) bond motifs is 1. The van der Waals surface area contributed by atoms with Crippen LogP contribution in [0.15, 0.2) is 48.0 Å². The van der Waals surface area contributed by atoms with Crippen molar-refractivity contribution >= 4 is 39.9 Å². The van der Waals surface area contributed by atoms with E-state index in [2.05, 4.69) is 4.98 Å². The highest BCUT2D eigenvalue weighted by atomic mass is 32.1. The van der Waals surface area contributed by atoms with Gasteiger partial charge in [0, 0.05) is 5.56 Å². The standard InChI is InChI=1S/C28H26N2O8S/c1-4-10-36-18-7-5-6-16(13-18)22-21(23(31)17-8-9-19-20(14-17)38-12-11-37-19)24(32)26(33)30(22)28-29-15(2)25(39-28)27(34)35-3/h5-9,13-14,22,31H,4,10-12H2,1-3H3/t22-/m1/s1. The van der Waals surface area contributed by atoms with Gasteiger partial charge >= 0.3 is 11.9 Å². The van der Waals surface area contributed by atoms with E-state index in [4.69, 9.17) is 18.9 Å². The molecule has 2 aliphatic heterocycles. The molecule has 39 heavy (non-hydrogen) atoms. The monoisotopic (exact) mass is 550 g/mol. The number of hydrogen-bond acceptors (Lipinski definition) is 10. The third-order valence-electron chi connectivity index (χ3n) is 6.27. The fraction of sp³-hybridized carbons (Fsp3) is 0.286. The number of aromatic nitrogens is 1. The Hall–Kier alpha value is -4.38. The number of methoxy groups -OCH3 is 1. The zero-order valence-corrected chi connectivity index (χ0v) is 22.4. The van der Waals surface area contributed by atoms with Crippen LogP contribution in [0.1, 0.15) is 45.9 Å². The van der Waals surface area contributed by atoms with Crippen molar-refractivity contribution in [2.24, 2.45) is 0 Å². The molecule has 202 valence electrons. The maximum absolute atomic E-state index is 13.5. The van der Waals surface area contributed by atoms with Crippen LogP contribution in [0, 0.1) is 6.92 Å². The molecule has 11 heteroatoms. The van der Waals surface area contributed by atoms with Crippen LogP contribution >= 0.6 is 11.3 Å².